The maximum atomic E-state index is 12.6. The van der Waals surface area contributed by atoms with Crippen molar-refractivity contribution in [1.29, 1.82) is 0 Å². The first-order chi connectivity index (χ1) is 12.1. The largest absolute Gasteiger partial charge is 0.508 e. The first-order valence-electron chi connectivity index (χ1n) is 8.89. The van der Waals surface area contributed by atoms with E-state index in [9.17, 15) is 9.90 Å². The lowest BCUT2D eigenvalue weighted by Crippen LogP contribution is -2.45. The van der Waals surface area contributed by atoms with E-state index >= 15 is 0 Å². The molecule has 0 saturated heterocycles. The number of carbonyl (C=O) groups is 1. The van der Waals surface area contributed by atoms with Gasteiger partial charge < -0.3 is 14.6 Å². The highest BCUT2D eigenvalue weighted by Gasteiger charge is 2.38. The molecule has 0 aliphatic rings. The Kier molecular flexibility index (Phi) is 5.96. The minimum absolute atomic E-state index is 0.0172. The van der Waals surface area contributed by atoms with Crippen molar-refractivity contribution in [2.75, 3.05) is 6.61 Å². The van der Waals surface area contributed by atoms with E-state index in [0.717, 1.165) is 11.1 Å². The van der Waals surface area contributed by atoms with Crippen molar-refractivity contribution in [1.82, 2.24) is 0 Å². The molecule has 2 aromatic carbocycles. The average Bonchev–Trinajstić information content (AvgIpc) is 2.56. The van der Waals surface area contributed by atoms with Crippen molar-refractivity contribution < 1.29 is 19.4 Å². The zero-order chi connectivity index (χ0) is 19.4. The van der Waals surface area contributed by atoms with E-state index in [-0.39, 0.29) is 17.8 Å². The fourth-order valence-electron chi connectivity index (χ4n) is 2.72. The summed E-state index contributed by atoms with van der Waals surface area (Å²) in [4.78, 5) is 12.6. The van der Waals surface area contributed by atoms with Crippen LogP contribution in [-0.4, -0.2) is 23.3 Å². The predicted molar refractivity (Wildman–Crippen MR) is 103 cm³/mol. The molecule has 1 N–H and O–H groups in total. The molecule has 0 amide bonds. The molecular weight excluding hydrogens is 328 g/mol. The smallest absolute Gasteiger partial charge is 0.350 e. The number of esters is 1. The molecule has 4 heteroatoms. The molecule has 4 nitrogen and oxygen atoms in total. The Morgan fingerprint density at radius 2 is 1.69 bits per heavy atom. The normalized spacial score (nSPS) is 13.7. The van der Waals surface area contributed by atoms with Crippen LogP contribution in [0.25, 0.3) is 0 Å². The van der Waals surface area contributed by atoms with Crippen molar-refractivity contribution in [3.05, 3.63) is 59.7 Å². The summed E-state index contributed by atoms with van der Waals surface area (Å²) in [6, 6.07) is 14.6. The number of rotatable bonds is 6. The van der Waals surface area contributed by atoms with E-state index in [0.29, 0.717) is 12.2 Å². The molecule has 140 valence electrons. The summed E-state index contributed by atoms with van der Waals surface area (Å²) < 4.78 is 11.4. The van der Waals surface area contributed by atoms with Crippen LogP contribution in [0.4, 0.5) is 0 Å². The molecule has 26 heavy (non-hydrogen) atoms. The highest BCUT2D eigenvalue weighted by Crippen LogP contribution is 2.29. The highest BCUT2D eigenvalue weighted by atomic mass is 16.6. The quantitative estimate of drug-likeness (QED) is 0.767. The zero-order valence-corrected chi connectivity index (χ0v) is 16.2. The number of aromatic hydroxyl groups is 1. The minimum atomic E-state index is -1.16. The Balaban J connectivity index is 2.32. The van der Waals surface area contributed by atoms with Gasteiger partial charge in [-0.3, -0.25) is 0 Å². The van der Waals surface area contributed by atoms with Crippen LogP contribution < -0.4 is 4.74 Å². The molecule has 0 spiro atoms. The third-order valence-electron chi connectivity index (χ3n) is 4.23. The number of hydrogen-bond acceptors (Lipinski definition) is 4. The maximum absolute atomic E-state index is 12.6. The Morgan fingerprint density at radius 3 is 2.27 bits per heavy atom. The van der Waals surface area contributed by atoms with Gasteiger partial charge in [-0.05, 0) is 54.7 Å². The van der Waals surface area contributed by atoms with Gasteiger partial charge in [0, 0.05) is 6.42 Å². The summed E-state index contributed by atoms with van der Waals surface area (Å²) in [5.74, 6) is 0.409. The molecule has 0 aliphatic carbocycles. The third-order valence-corrected chi connectivity index (χ3v) is 4.23. The lowest BCUT2D eigenvalue weighted by Gasteiger charge is -2.29. The van der Waals surface area contributed by atoms with Gasteiger partial charge in [-0.2, -0.15) is 0 Å². The molecule has 0 saturated carbocycles. The fraction of sp³-hybridized carbons (Fsp3) is 0.409. The summed E-state index contributed by atoms with van der Waals surface area (Å²) in [7, 11) is 0. The molecule has 1 unspecified atom stereocenters. The summed E-state index contributed by atoms with van der Waals surface area (Å²) in [5, 5.41) is 9.47. The van der Waals surface area contributed by atoms with Crippen LogP contribution in [0.3, 0.4) is 0 Å². The van der Waals surface area contributed by atoms with Gasteiger partial charge in [-0.15, -0.1) is 0 Å². The fourth-order valence-corrected chi connectivity index (χ4v) is 2.72. The van der Waals surface area contributed by atoms with Crippen LogP contribution in [0, 0.1) is 0 Å². The molecule has 0 aliphatic heterocycles. The lowest BCUT2D eigenvalue weighted by atomic mass is 9.87. The number of phenolic OH excluding ortho intramolecular Hbond substituents is 1. The topological polar surface area (TPSA) is 55.8 Å². The summed E-state index contributed by atoms with van der Waals surface area (Å²) in [6.07, 6.45) is 0.339. The Hall–Kier alpha value is -2.49. The average molecular weight is 356 g/mol. The van der Waals surface area contributed by atoms with Gasteiger partial charge in [-0.1, -0.05) is 45.0 Å². The van der Waals surface area contributed by atoms with Gasteiger partial charge in [0.05, 0.1) is 6.61 Å². The van der Waals surface area contributed by atoms with E-state index in [1.54, 1.807) is 38.1 Å². The van der Waals surface area contributed by atoms with Gasteiger partial charge >= 0.3 is 5.97 Å². The molecule has 0 heterocycles. The van der Waals surface area contributed by atoms with Crippen LogP contribution in [0.5, 0.6) is 11.5 Å². The number of benzene rings is 2. The van der Waals surface area contributed by atoms with Crippen LogP contribution in [0.15, 0.2) is 48.5 Å². The van der Waals surface area contributed by atoms with Gasteiger partial charge in [0.15, 0.2) is 0 Å². The van der Waals surface area contributed by atoms with Gasteiger partial charge in [0.1, 0.15) is 11.5 Å². The van der Waals surface area contributed by atoms with Gasteiger partial charge in [0.25, 0.3) is 0 Å². The molecule has 0 radical (unpaired) electrons. The van der Waals surface area contributed by atoms with Crippen LogP contribution >= 0.6 is 0 Å². The first-order valence-corrected chi connectivity index (χ1v) is 8.89. The van der Waals surface area contributed by atoms with E-state index in [2.05, 4.69) is 26.8 Å². The SMILES string of the molecule is CCOC(=O)C(C)(Cc1ccc(O)cc1)Oc1cccc(C(C)(C)C)c1. The second-order valence-corrected chi connectivity index (χ2v) is 7.67. The van der Waals surface area contributed by atoms with E-state index < -0.39 is 11.6 Å². The summed E-state index contributed by atoms with van der Waals surface area (Å²) >= 11 is 0. The Labute approximate surface area is 155 Å². The number of ether oxygens (including phenoxy) is 2. The standard InChI is InChI=1S/C22H28O4/c1-6-25-20(24)22(5,15-16-10-12-18(23)13-11-16)26-19-9-7-8-17(14-19)21(2,3)4/h7-14,23H,6,15H2,1-5H3. The number of carbonyl (C=O) groups excluding carboxylic acids is 1. The van der Waals surface area contributed by atoms with Crippen molar-refractivity contribution in [2.45, 2.75) is 52.1 Å². The third kappa shape index (κ3) is 5.01. The van der Waals surface area contributed by atoms with E-state index in [1.165, 1.54) is 0 Å². The second-order valence-electron chi connectivity index (χ2n) is 7.67. The van der Waals surface area contributed by atoms with Gasteiger partial charge in [-0.25, -0.2) is 4.79 Å². The molecule has 2 rings (SSSR count). The molecular formula is C22H28O4. The zero-order valence-electron chi connectivity index (χ0n) is 16.2. The molecule has 0 bridgehead atoms. The lowest BCUT2D eigenvalue weighted by molar-refractivity contribution is -0.160. The van der Waals surface area contributed by atoms with Crippen LogP contribution in [0.1, 0.15) is 45.7 Å². The van der Waals surface area contributed by atoms with Crippen molar-refractivity contribution >= 4 is 5.97 Å². The predicted octanol–water partition coefficient (Wildman–Crippen LogP) is 4.63. The maximum Gasteiger partial charge on any atom is 0.350 e. The molecule has 1 atom stereocenters. The van der Waals surface area contributed by atoms with Crippen molar-refractivity contribution in [3.63, 3.8) is 0 Å². The summed E-state index contributed by atoms with van der Waals surface area (Å²) in [6.45, 7) is 10.2. The number of hydrogen-bond donors (Lipinski definition) is 1. The molecule has 0 fully saturated rings. The first kappa shape index (κ1) is 19.8. The summed E-state index contributed by atoms with van der Waals surface area (Å²) in [5.41, 5.74) is 0.830. The van der Waals surface area contributed by atoms with Crippen LogP contribution in [0.2, 0.25) is 0 Å². The van der Waals surface area contributed by atoms with Crippen molar-refractivity contribution in [3.8, 4) is 11.5 Å². The van der Waals surface area contributed by atoms with E-state index in [4.69, 9.17) is 9.47 Å². The van der Waals surface area contributed by atoms with Crippen molar-refractivity contribution in [2.24, 2.45) is 0 Å². The monoisotopic (exact) mass is 356 g/mol. The number of phenols is 1. The highest BCUT2D eigenvalue weighted by molar-refractivity contribution is 5.80. The molecule has 2 aromatic rings. The molecule has 0 aromatic heterocycles. The Bertz CT molecular complexity index is 743. The second kappa shape index (κ2) is 7.81. The Morgan fingerprint density at radius 1 is 1.04 bits per heavy atom. The van der Waals surface area contributed by atoms with E-state index in [1.807, 2.05) is 18.2 Å². The van der Waals surface area contributed by atoms with Crippen LogP contribution in [-0.2, 0) is 21.4 Å². The minimum Gasteiger partial charge on any atom is -0.508 e. The van der Waals surface area contributed by atoms with Gasteiger partial charge in [0.2, 0.25) is 5.60 Å².